The van der Waals surface area contributed by atoms with E-state index in [1.54, 1.807) is 43.3 Å². The Morgan fingerprint density at radius 3 is 2.52 bits per heavy atom. The number of amides is 2. The topological polar surface area (TPSA) is 58.2 Å². The van der Waals surface area contributed by atoms with Gasteiger partial charge in [-0.2, -0.15) is 0 Å². The fourth-order valence-electron chi connectivity index (χ4n) is 2.06. The number of hydrogen-bond donors (Lipinski definition) is 2. The molecule has 0 unspecified atom stereocenters. The molecule has 23 heavy (non-hydrogen) atoms. The first kappa shape index (κ1) is 16.7. The molecule has 0 bridgehead atoms. The Morgan fingerprint density at radius 2 is 1.83 bits per heavy atom. The van der Waals surface area contributed by atoms with Crippen LogP contribution in [-0.4, -0.2) is 18.4 Å². The molecule has 0 fully saturated rings. The van der Waals surface area contributed by atoms with Gasteiger partial charge in [-0.25, -0.2) is 4.39 Å². The van der Waals surface area contributed by atoms with Crippen LogP contribution in [0.1, 0.15) is 29.3 Å². The predicted octanol–water partition coefficient (Wildman–Crippen LogP) is 3.15. The van der Waals surface area contributed by atoms with E-state index >= 15 is 0 Å². The Kier molecular flexibility index (Phi) is 5.86. The quantitative estimate of drug-likeness (QED) is 0.860. The second-order valence-corrected chi connectivity index (χ2v) is 5.11. The molecule has 0 saturated carbocycles. The molecular formula is C18H19FN2O2. The molecule has 0 saturated heterocycles. The monoisotopic (exact) mass is 314 g/mol. The van der Waals surface area contributed by atoms with E-state index in [4.69, 9.17) is 0 Å². The largest absolute Gasteiger partial charge is 0.352 e. The minimum absolute atomic E-state index is 0.0983. The summed E-state index contributed by atoms with van der Waals surface area (Å²) in [6, 6.07) is 13.0. The molecule has 4 nitrogen and oxygen atoms in total. The van der Waals surface area contributed by atoms with Gasteiger partial charge >= 0.3 is 0 Å². The number of nitrogens with one attached hydrogen (secondary N) is 2. The van der Waals surface area contributed by atoms with Crippen molar-refractivity contribution in [3.63, 3.8) is 0 Å². The van der Waals surface area contributed by atoms with E-state index in [1.165, 1.54) is 12.1 Å². The number of hydrogen-bond acceptors (Lipinski definition) is 2. The van der Waals surface area contributed by atoms with Crippen molar-refractivity contribution in [2.24, 2.45) is 0 Å². The van der Waals surface area contributed by atoms with Crippen molar-refractivity contribution in [1.29, 1.82) is 0 Å². The van der Waals surface area contributed by atoms with Gasteiger partial charge < -0.3 is 10.6 Å². The zero-order chi connectivity index (χ0) is 16.7. The Balaban J connectivity index is 1.89. The van der Waals surface area contributed by atoms with E-state index in [2.05, 4.69) is 10.6 Å². The summed E-state index contributed by atoms with van der Waals surface area (Å²) in [5.41, 5.74) is 2.04. The van der Waals surface area contributed by atoms with Crippen molar-refractivity contribution < 1.29 is 14.0 Å². The molecule has 0 aromatic heterocycles. The van der Waals surface area contributed by atoms with Crippen LogP contribution in [0.3, 0.4) is 0 Å². The maximum Gasteiger partial charge on any atom is 0.251 e. The molecule has 0 heterocycles. The summed E-state index contributed by atoms with van der Waals surface area (Å²) < 4.78 is 12.8. The van der Waals surface area contributed by atoms with Crippen LogP contribution in [-0.2, 0) is 11.2 Å². The minimum atomic E-state index is -0.274. The molecule has 2 N–H and O–H groups in total. The summed E-state index contributed by atoms with van der Waals surface area (Å²) in [5.74, 6) is -0.581. The van der Waals surface area contributed by atoms with Gasteiger partial charge in [0.05, 0.1) is 0 Å². The van der Waals surface area contributed by atoms with Crippen molar-refractivity contribution >= 4 is 17.5 Å². The number of carbonyl (C=O) groups excluding carboxylic acids is 2. The first-order valence-electron chi connectivity index (χ1n) is 7.51. The molecule has 0 atom stereocenters. The molecule has 0 aliphatic heterocycles. The summed E-state index contributed by atoms with van der Waals surface area (Å²) in [6.45, 7) is 2.22. The lowest BCUT2D eigenvalue weighted by Crippen LogP contribution is -2.25. The molecule has 2 aromatic carbocycles. The van der Waals surface area contributed by atoms with Crippen LogP contribution >= 0.6 is 0 Å². The average molecular weight is 314 g/mol. The van der Waals surface area contributed by atoms with Gasteiger partial charge in [0.2, 0.25) is 5.91 Å². The fourth-order valence-corrected chi connectivity index (χ4v) is 2.06. The molecular weight excluding hydrogens is 295 g/mol. The van der Waals surface area contributed by atoms with Gasteiger partial charge in [0.15, 0.2) is 0 Å². The number of halogens is 1. The minimum Gasteiger partial charge on any atom is -0.352 e. The fraction of sp³-hybridized carbons (Fsp3) is 0.222. The summed E-state index contributed by atoms with van der Waals surface area (Å²) >= 11 is 0. The van der Waals surface area contributed by atoms with E-state index in [9.17, 15) is 14.0 Å². The lowest BCUT2D eigenvalue weighted by Gasteiger charge is -2.08. The van der Waals surface area contributed by atoms with Crippen LogP contribution in [0.25, 0.3) is 0 Å². The number of rotatable bonds is 6. The number of anilines is 1. The normalized spacial score (nSPS) is 10.2. The van der Waals surface area contributed by atoms with Crippen molar-refractivity contribution in [2.75, 3.05) is 11.9 Å². The van der Waals surface area contributed by atoms with Crippen LogP contribution in [0.4, 0.5) is 10.1 Å². The molecule has 2 aromatic rings. The van der Waals surface area contributed by atoms with Crippen molar-refractivity contribution in [1.82, 2.24) is 5.32 Å². The Hall–Kier alpha value is -2.69. The van der Waals surface area contributed by atoms with E-state index in [0.717, 1.165) is 5.56 Å². The lowest BCUT2D eigenvalue weighted by molar-refractivity contribution is -0.115. The highest BCUT2D eigenvalue weighted by molar-refractivity contribution is 5.97. The van der Waals surface area contributed by atoms with Crippen LogP contribution in [0.5, 0.6) is 0 Å². The van der Waals surface area contributed by atoms with Gasteiger partial charge in [0.1, 0.15) is 5.82 Å². The predicted molar refractivity (Wildman–Crippen MR) is 87.8 cm³/mol. The van der Waals surface area contributed by atoms with Crippen molar-refractivity contribution in [2.45, 2.75) is 19.8 Å². The zero-order valence-electron chi connectivity index (χ0n) is 12.9. The van der Waals surface area contributed by atoms with E-state index < -0.39 is 0 Å². The lowest BCUT2D eigenvalue weighted by atomic mass is 10.1. The maximum absolute atomic E-state index is 12.8. The molecule has 120 valence electrons. The van der Waals surface area contributed by atoms with E-state index in [0.29, 0.717) is 30.6 Å². The summed E-state index contributed by atoms with van der Waals surface area (Å²) in [4.78, 5) is 23.5. The number of carbonyl (C=O) groups is 2. The van der Waals surface area contributed by atoms with Gasteiger partial charge in [0, 0.05) is 24.2 Å². The van der Waals surface area contributed by atoms with Gasteiger partial charge in [-0.3, -0.25) is 9.59 Å². The Morgan fingerprint density at radius 1 is 1.09 bits per heavy atom. The highest BCUT2D eigenvalue weighted by Crippen LogP contribution is 2.11. The Bertz CT molecular complexity index is 684. The standard InChI is InChI=1S/C18H19FN2O2/c1-2-17(22)21-16-5-3-4-14(12-16)18(23)20-11-10-13-6-8-15(19)9-7-13/h3-9,12H,2,10-11H2,1H3,(H,20,23)(H,21,22). The highest BCUT2D eigenvalue weighted by Gasteiger charge is 2.07. The second kappa shape index (κ2) is 8.08. The highest BCUT2D eigenvalue weighted by atomic mass is 19.1. The molecule has 0 spiro atoms. The van der Waals surface area contributed by atoms with Gasteiger partial charge in [-0.1, -0.05) is 25.1 Å². The first-order valence-corrected chi connectivity index (χ1v) is 7.51. The SMILES string of the molecule is CCC(=O)Nc1cccc(C(=O)NCCc2ccc(F)cc2)c1. The molecule has 2 rings (SSSR count). The average Bonchev–Trinajstić information content (AvgIpc) is 2.56. The zero-order valence-corrected chi connectivity index (χ0v) is 12.9. The Labute approximate surface area is 134 Å². The summed E-state index contributed by atoms with van der Waals surface area (Å²) in [5, 5.41) is 5.53. The third-order valence-electron chi connectivity index (χ3n) is 3.34. The molecule has 5 heteroatoms. The van der Waals surface area contributed by atoms with E-state index in [-0.39, 0.29) is 17.6 Å². The third kappa shape index (κ3) is 5.21. The second-order valence-electron chi connectivity index (χ2n) is 5.11. The van der Waals surface area contributed by atoms with Gasteiger partial charge in [-0.15, -0.1) is 0 Å². The van der Waals surface area contributed by atoms with Crippen LogP contribution < -0.4 is 10.6 Å². The third-order valence-corrected chi connectivity index (χ3v) is 3.34. The molecule has 2 amide bonds. The summed E-state index contributed by atoms with van der Waals surface area (Å²) in [7, 11) is 0. The van der Waals surface area contributed by atoms with Gasteiger partial charge in [-0.05, 0) is 42.3 Å². The smallest absolute Gasteiger partial charge is 0.251 e. The van der Waals surface area contributed by atoms with Gasteiger partial charge in [0.25, 0.3) is 5.91 Å². The molecule has 0 aliphatic rings. The van der Waals surface area contributed by atoms with Crippen LogP contribution in [0.2, 0.25) is 0 Å². The number of benzene rings is 2. The van der Waals surface area contributed by atoms with Crippen LogP contribution in [0.15, 0.2) is 48.5 Å². The van der Waals surface area contributed by atoms with Crippen molar-refractivity contribution in [3.8, 4) is 0 Å². The summed E-state index contributed by atoms with van der Waals surface area (Å²) in [6.07, 6.45) is 1.01. The maximum atomic E-state index is 12.8. The van der Waals surface area contributed by atoms with Crippen molar-refractivity contribution in [3.05, 3.63) is 65.5 Å². The molecule has 0 radical (unpaired) electrons. The first-order chi connectivity index (χ1) is 11.1. The molecule has 0 aliphatic carbocycles. The van der Waals surface area contributed by atoms with Crippen LogP contribution in [0, 0.1) is 5.82 Å². The van der Waals surface area contributed by atoms with E-state index in [1.807, 2.05) is 0 Å².